The van der Waals surface area contributed by atoms with Crippen molar-refractivity contribution in [2.45, 2.75) is 19.8 Å². The number of hydrogen-bond donors (Lipinski definition) is 0. The monoisotopic (exact) mass is 344 g/mol. The lowest BCUT2D eigenvalue weighted by Crippen LogP contribution is -2.37. The first-order chi connectivity index (χ1) is 10.1. The minimum Gasteiger partial charge on any atom is -0.337 e. The van der Waals surface area contributed by atoms with Gasteiger partial charge in [0.1, 0.15) is 0 Å². The fourth-order valence-electron chi connectivity index (χ4n) is 2.63. The molecule has 1 aliphatic heterocycles. The molecule has 1 aromatic heterocycles. The van der Waals surface area contributed by atoms with Crippen LogP contribution in [0.1, 0.15) is 18.9 Å². The number of hydrogen-bond acceptors (Lipinski definition) is 2. The molecule has 2 aromatic rings. The number of carbonyl (C=O) groups is 1. The Balaban J connectivity index is 1.81. The Hall–Kier alpha value is -1.68. The first-order valence-corrected chi connectivity index (χ1v) is 7.88. The third kappa shape index (κ3) is 3.00. The Morgan fingerprint density at radius 3 is 2.95 bits per heavy atom. The molecular formula is C17H17BrN2O. The van der Waals surface area contributed by atoms with Crippen molar-refractivity contribution in [3.05, 3.63) is 52.3 Å². The van der Waals surface area contributed by atoms with E-state index >= 15 is 0 Å². The Kier molecular flexibility index (Phi) is 4.06. The van der Waals surface area contributed by atoms with Gasteiger partial charge in [0, 0.05) is 28.8 Å². The molecule has 0 bridgehead atoms. The summed E-state index contributed by atoms with van der Waals surface area (Å²) in [5, 5.41) is 2.20. The van der Waals surface area contributed by atoms with Crippen LogP contribution in [0.4, 0.5) is 0 Å². The maximum Gasteiger partial charge on any atom is 0.227 e. The van der Waals surface area contributed by atoms with Crippen LogP contribution in [-0.4, -0.2) is 28.9 Å². The molecule has 4 heteroatoms. The Bertz CT molecular complexity index is 718. The van der Waals surface area contributed by atoms with Crippen molar-refractivity contribution in [3.63, 3.8) is 0 Å². The van der Waals surface area contributed by atoms with E-state index in [4.69, 9.17) is 0 Å². The van der Waals surface area contributed by atoms with Crippen molar-refractivity contribution >= 4 is 32.6 Å². The van der Waals surface area contributed by atoms with Crippen LogP contribution in [-0.2, 0) is 11.2 Å². The van der Waals surface area contributed by atoms with Crippen molar-refractivity contribution in [2.75, 3.05) is 13.1 Å². The molecule has 0 radical (unpaired) electrons. The van der Waals surface area contributed by atoms with Gasteiger partial charge in [-0.1, -0.05) is 45.8 Å². The van der Waals surface area contributed by atoms with Crippen molar-refractivity contribution in [1.29, 1.82) is 0 Å². The van der Waals surface area contributed by atoms with Gasteiger partial charge in [0.25, 0.3) is 0 Å². The van der Waals surface area contributed by atoms with Gasteiger partial charge in [-0.2, -0.15) is 0 Å². The van der Waals surface area contributed by atoms with E-state index < -0.39 is 0 Å². The second-order valence-corrected chi connectivity index (χ2v) is 6.40. The summed E-state index contributed by atoms with van der Waals surface area (Å²) in [4.78, 5) is 18.7. The zero-order chi connectivity index (χ0) is 14.8. The van der Waals surface area contributed by atoms with Crippen LogP contribution < -0.4 is 0 Å². The van der Waals surface area contributed by atoms with Crippen molar-refractivity contribution < 1.29 is 4.79 Å². The van der Waals surface area contributed by atoms with Crippen molar-refractivity contribution in [2.24, 2.45) is 0 Å². The zero-order valence-electron chi connectivity index (χ0n) is 12.0. The molecule has 108 valence electrons. The fraction of sp³-hybridized carbons (Fsp3) is 0.294. The highest BCUT2D eigenvalue weighted by Crippen LogP contribution is 2.23. The van der Waals surface area contributed by atoms with E-state index in [1.165, 1.54) is 5.57 Å². The van der Waals surface area contributed by atoms with Gasteiger partial charge in [-0.15, -0.1) is 0 Å². The lowest BCUT2D eigenvalue weighted by atomic mass is 10.0. The number of benzene rings is 1. The number of rotatable bonds is 2. The molecule has 0 spiro atoms. The number of amides is 1. The molecule has 0 saturated heterocycles. The second kappa shape index (κ2) is 5.98. The smallest absolute Gasteiger partial charge is 0.227 e. The summed E-state index contributed by atoms with van der Waals surface area (Å²) in [6.45, 7) is 3.60. The number of fused-ring (bicyclic) bond motifs is 1. The molecule has 21 heavy (non-hydrogen) atoms. The molecule has 0 unspecified atom stereocenters. The van der Waals surface area contributed by atoms with Gasteiger partial charge in [-0.25, -0.2) is 0 Å². The third-order valence-electron chi connectivity index (χ3n) is 3.99. The van der Waals surface area contributed by atoms with Crippen LogP contribution in [0, 0.1) is 0 Å². The van der Waals surface area contributed by atoms with Gasteiger partial charge in [0.15, 0.2) is 0 Å². The van der Waals surface area contributed by atoms with Crippen LogP contribution in [0.25, 0.3) is 10.8 Å². The van der Waals surface area contributed by atoms with Gasteiger partial charge in [0.2, 0.25) is 5.91 Å². The molecule has 0 aliphatic carbocycles. The molecule has 0 fully saturated rings. The summed E-state index contributed by atoms with van der Waals surface area (Å²) in [5.41, 5.74) is 2.34. The quantitative estimate of drug-likeness (QED) is 0.832. The summed E-state index contributed by atoms with van der Waals surface area (Å²) < 4.78 is 1.14. The molecule has 0 saturated carbocycles. The van der Waals surface area contributed by atoms with E-state index in [1.54, 1.807) is 6.20 Å². The van der Waals surface area contributed by atoms with Crippen LogP contribution >= 0.6 is 15.9 Å². The van der Waals surface area contributed by atoms with E-state index in [2.05, 4.69) is 33.9 Å². The Labute approximate surface area is 132 Å². The highest BCUT2D eigenvalue weighted by molar-refractivity contribution is 9.11. The van der Waals surface area contributed by atoms with Crippen molar-refractivity contribution in [3.8, 4) is 0 Å². The number of nitrogens with zero attached hydrogens (tertiary/aromatic N) is 2. The largest absolute Gasteiger partial charge is 0.337 e. The molecule has 2 heterocycles. The number of carbonyl (C=O) groups excluding carboxylic acids is 1. The van der Waals surface area contributed by atoms with Crippen molar-refractivity contribution in [1.82, 2.24) is 9.88 Å². The normalized spacial score (nSPS) is 15.6. The average Bonchev–Trinajstić information content (AvgIpc) is 2.50. The van der Waals surface area contributed by atoms with Gasteiger partial charge < -0.3 is 4.90 Å². The predicted molar refractivity (Wildman–Crippen MR) is 88.3 cm³/mol. The molecule has 3 rings (SSSR count). The standard InChI is InChI=1S/C17H17BrN2O/c1-12-6-7-20(11-16(12)18)17(21)8-14-10-19-9-13-4-2-3-5-15(13)14/h2-5,9-10H,6-8,11H2,1H3. The Morgan fingerprint density at radius 2 is 2.14 bits per heavy atom. The Morgan fingerprint density at radius 1 is 1.33 bits per heavy atom. The van der Waals surface area contributed by atoms with Gasteiger partial charge in [-0.05, 0) is 24.3 Å². The zero-order valence-corrected chi connectivity index (χ0v) is 13.6. The van der Waals surface area contributed by atoms with Crippen LogP contribution in [0.2, 0.25) is 0 Å². The maximum absolute atomic E-state index is 12.5. The molecule has 3 nitrogen and oxygen atoms in total. The van der Waals surface area contributed by atoms with E-state index in [-0.39, 0.29) is 5.91 Å². The first kappa shape index (κ1) is 14.3. The summed E-state index contributed by atoms with van der Waals surface area (Å²) in [6.07, 6.45) is 5.00. The minimum atomic E-state index is 0.164. The number of aromatic nitrogens is 1. The van der Waals surface area contributed by atoms with Gasteiger partial charge in [0.05, 0.1) is 13.0 Å². The van der Waals surface area contributed by atoms with E-state index in [1.807, 2.05) is 29.3 Å². The highest BCUT2D eigenvalue weighted by Gasteiger charge is 2.20. The predicted octanol–water partition coefficient (Wildman–Crippen LogP) is 3.68. The topological polar surface area (TPSA) is 33.2 Å². The van der Waals surface area contributed by atoms with Crippen LogP contribution in [0.3, 0.4) is 0 Å². The molecule has 1 amide bonds. The molecule has 0 N–H and O–H groups in total. The minimum absolute atomic E-state index is 0.164. The summed E-state index contributed by atoms with van der Waals surface area (Å²) in [5.74, 6) is 0.164. The molecule has 0 atom stereocenters. The molecular weight excluding hydrogens is 328 g/mol. The number of halogens is 1. The van der Waals surface area contributed by atoms with E-state index in [0.29, 0.717) is 13.0 Å². The highest BCUT2D eigenvalue weighted by atomic mass is 79.9. The number of pyridine rings is 1. The summed E-state index contributed by atoms with van der Waals surface area (Å²) >= 11 is 3.56. The van der Waals surface area contributed by atoms with Gasteiger partial charge >= 0.3 is 0 Å². The van der Waals surface area contributed by atoms with Crippen LogP contribution in [0.5, 0.6) is 0 Å². The third-order valence-corrected chi connectivity index (χ3v) is 4.92. The lowest BCUT2D eigenvalue weighted by Gasteiger charge is -2.28. The maximum atomic E-state index is 12.5. The van der Waals surface area contributed by atoms with E-state index in [9.17, 15) is 4.79 Å². The molecule has 1 aromatic carbocycles. The van der Waals surface area contributed by atoms with Gasteiger partial charge in [-0.3, -0.25) is 9.78 Å². The SMILES string of the molecule is CC1=C(Br)CN(C(=O)Cc2cncc3ccccc23)CC1. The summed E-state index contributed by atoms with van der Waals surface area (Å²) in [7, 11) is 0. The van der Waals surface area contributed by atoms with E-state index in [0.717, 1.165) is 33.8 Å². The average molecular weight is 345 g/mol. The lowest BCUT2D eigenvalue weighted by molar-refractivity contribution is -0.130. The second-order valence-electron chi connectivity index (χ2n) is 5.45. The summed E-state index contributed by atoms with van der Waals surface area (Å²) in [6, 6.07) is 8.07. The van der Waals surface area contributed by atoms with Crippen LogP contribution in [0.15, 0.2) is 46.7 Å². The molecule has 1 aliphatic rings. The fourth-order valence-corrected chi connectivity index (χ4v) is 3.13. The first-order valence-electron chi connectivity index (χ1n) is 7.08.